The van der Waals surface area contributed by atoms with Crippen molar-refractivity contribution in [2.45, 2.75) is 64.0 Å². The molecule has 2 aliphatic rings. The van der Waals surface area contributed by atoms with E-state index in [1.54, 1.807) is 14.0 Å². The molecule has 6 nitrogen and oxygen atoms in total. The van der Waals surface area contributed by atoms with Crippen molar-refractivity contribution >= 4 is 11.6 Å². The highest BCUT2D eigenvalue weighted by Crippen LogP contribution is 2.36. The van der Waals surface area contributed by atoms with Gasteiger partial charge < -0.3 is 20.7 Å². The number of nitrogens with one attached hydrogen (secondary N) is 3. The van der Waals surface area contributed by atoms with Crippen molar-refractivity contribution in [2.24, 2.45) is 4.99 Å². The Morgan fingerprint density at radius 3 is 2.87 bits per heavy atom. The number of hydrogen-bond donors (Lipinski definition) is 3. The minimum atomic E-state index is -2.53. The van der Waals surface area contributed by atoms with E-state index in [2.05, 4.69) is 33.9 Å². The Bertz CT molecular complexity index is 856. The summed E-state index contributed by atoms with van der Waals surface area (Å²) in [6.45, 7) is 4.45. The van der Waals surface area contributed by atoms with Crippen LogP contribution in [0.1, 0.15) is 45.1 Å². The molecule has 1 aromatic carbocycles. The lowest BCUT2D eigenvalue weighted by Gasteiger charge is -2.38. The number of amides is 1. The lowest BCUT2D eigenvalue weighted by Crippen LogP contribution is -2.44. The lowest BCUT2D eigenvalue weighted by molar-refractivity contribution is -0.117. The van der Waals surface area contributed by atoms with Crippen molar-refractivity contribution in [3.63, 3.8) is 0 Å². The van der Waals surface area contributed by atoms with E-state index in [0.717, 1.165) is 25.0 Å². The van der Waals surface area contributed by atoms with Crippen LogP contribution in [-0.4, -0.2) is 49.8 Å². The normalized spacial score (nSPS) is 24.6. The zero-order valence-electron chi connectivity index (χ0n) is 18.4. The third-order valence-electron chi connectivity index (χ3n) is 6.02. The molecule has 0 radical (unpaired) electrons. The van der Waals surface area contributed by atoms with E-state index in [1.807, 2.05) is 18.2 Å². The number of fused-ring (bicyclic) bond motifs is 1. The number of likely N-dealkylation sites (N-methyl/N-ethyl adjacent to an activating group) is 1. The molecule has 8 heteroatoms. The largest absolute Gasteiger partial charge is 0.487 e. The summed E-state index contributed by atoms with van der Waals surface area (Å²) >= 11 is 0. The highest BCUT2D eigenvalue weighted by Gasteiger charge is 2.34. The van der Waals surface area contributed by atoms with Crippen molar-refractivity contribution in [1.29, 1.82) is 0 Å². The lowest BCUT2D eigenvalue weighted by atomic mass is 9.86. The monoisotopic (exact) mass is 434 g/mol. The van der Waals surface area contributed by atoms with Crippen LogP contribution in [0, 0.1) is 0 Å². The number of nitrogens with zero attached hydrogens (tertiary/aromatic N) is 1. The first kappa shape index (κ1) is 23.2. The first-order valence-electron chi connectivity index (χ1n) is 10.9. The molecule has 2 atom stereocenters. The first-order valence-corrected chi connectivity index (χ1v) is 10.9. The van der Waals surface area contributed by atoms with Gasteiger partial charge in [0.05, 0.1) is 11.6 Å². The maximum Gasteiger partial charge on any atom is 0.258 e. The fourth-order valence-corrected chi connectivity index (χ4v) is 4.14. The molecule has 1 amide bonds. The van der Waals surface area contributed by atoms with Gasteiger partial charge >= 0.3 is 0 Å². The zero-order chi connectivity index (χ0) is 22.4. The average molecular weight is 435 g/mol. The summed E-state index contributed by atoms with van der Waals surface area (Å²) < 4.78 is 32.8. The van der Waals surface area contributed by atoms with Gasteiger partial charge in [-0.15, -0.1) is 0 Å². The molecule has 0 saturated heterocycles. The molecule has 3 N–H and O–H groups in total. The molecule has 2 aliphatic heterocycles. The van der Waals surface area contributed by atoms with Crippen LogP contribution in [0.3, 0.4) is 0 Å². The van der Waals surface area contributed by atoms with Crippen molar-refractivity contribution in [2.75, 3.05) is 20.1 Å². The molecule has 2 heterocycles. The Labute approximate surface area is 182 Å². The fraction of sp³-hybridized carbons (Fsp3) is 0.565. The van der Waals surface area contributed by atoms with Crippen LogP contribution in [-0.2, 0) is 11.2 Å². The van der Waals surface area contributed by atoms with Gasteiger partial charge in [-0.25, -0.2) is 13.8 Å². The molecule has 170 valence electrons. The van der Waals surface area contributed by atoms with Gasteiger partial charge in [0, 0.05) is 31.6 Å². The van der Waals surface area contributed by atoms with Gasteiger partial charge in [0.25, 0.3) is 12.3 Å². The van der Waals surface area contributed by atoms with Crippen LogP contribution < -0.4 is 20.7 Å². The Hall–Kier alpha value is -2.48. The second-order valence-electron chi connectivity index (χ2n) is 8.25. The third kappa shape index (κ3) is 5.61. The minimum absolute atomic E-state index is 0.160. The molecular weight excluding hydrogens is 402 g/mol. The van der Waals surface area contributed by atoms with Crippen LogP contribution in [0.4, 0.5) is 8.78 Å². The van der Waals surface area contributed by atoms with E-state index < -0.39 is 12.5 Å². The van der Waals surface area contributed by atoms with Gasteiger partial charge in [0.1, 0.15) is 17.2 Å². The van der Waals surface area contributed by atoms with Crippen LogP contribution in [0.2, 0.25) is 0 Å². The van der Waals surface area contributed by atoms with E-state index in [0.29, 0.717) is 24.3 Å². The van der Waals surface area contributed by atoms with Gasteiger partial charge in [-0.3, -0.25) is 4.79 Å². The third-order valence-corrected chi connectivity index (χ3v) is 6.02. The summed E-state index contributed by atoms with van der Waals surface area (Å²) in [5.41, 5.74) is 1.80. The van der Waals surface area contributed by atoms with Gasteiger partial charge in [-0.05, 0) is 44.9 Å². The second-order valence-corrected chi connectivity index (χ2v) is 8.25. The number of benzene rings is 1. The number of alkyl halides is 2. The minimum Gasteiger partial charge on any atom is -0.487 e. The highest BCUT2D eigenvalue weighted by atomic mass is 19.3. The summed E-state index contributed by atoms with van der Waals surface area (Å²) in [5.74, 6) is 0.814. The summed E-state index contributed by atoms with van der Waals surface area (Å²) in [5, 5.41) is 8.61. The van der Waals surface area contributed by atoms with Crippen molar-refractivity contribution in [3.8, 4) is 5.75 Å². The molecule has 1 aromatic rings. The van der Waals surface area contributed by atoms with Gasteiger partial charge in [0.15, 0.2) is 0 Å². The summed E-state index contributed by atoms with van der Waals surface area (Å²) in [6, 6.07) is 7.02. The highest BCUT2D eigenvalue weighted by molar-refractivity contribution is 5.95. The van der Waals surface area contributed by atoms with Crippen LogP contribution in [0.15, 0.2) is 40.7 Å². The van der Waals surface area contributed by atoms with Gasteiger partial charge in [-0.2, -0.15) is 0 Å². The Morgan fingerprint density at radius 1 is 1.39 bits per heavy atom. The number of aliphatic imine (C=N–C) groups is 1. The average Bonchev–Trinajstić information content (AvgIpc) is 2.76. The Kier molecular flexibility index (Phi) is 7.64. The van der Waals surface area contributed by atoms with E-state index in [-0.39, 0.29) is 30.3 Å². The predicted octanol–water partition coefficient (Wildman–Crippen LogP) is 3.19. The maximum atomic E-state index is 13.2. The molecule has 2 unspecified atom stereocenters. The van der Waals surface area contributed by atoms with Crippen LogP contribution in [0.5, 0.6) is 5.75 Å². The Balaban J connectivity index is 1.67. The van der Waals surface area contributed by atoms with Gasteiger partial charge in [0.2, 0.25) is 0 Å². The molecule has 0 aliphatic carbocycles. The SMILES string of the molecule is CCC1(CCNC(=O)/C(CNC)=C2\N=C(C)CC(C(F)F)N2)CCc2ccccc2O1. The van der Waals surface area contributed by atoms with Crippen molar-refractivity contribution in [1.82, 2.24) is 16.0 Å². The number of hydrogen-bond acceptors (Lipinski definition) is 5. The molecule has 0 aromatic heterocycles. The number of aryl methyl sites for hydroxylation is 1. The molecule has 0 fully saturated rings. The number of para-hydroxylation sites is 1. The molecular formula is C23H32F2N4O2. The van der Waals surface area contributed by atoms with E-state index in [4.69, 9.17) is 4.74 Å². The second kappa shape index (κ2) is 10.2. The topological polar surface area (TPSA) is 74.8 Å². The summed E-state index contributed by atoms with van der Waals surface area (Å²) in [6.07, 6.45) is 0.967. The molecule has 0 spiro atoms. The van der Waals surface area contributed by atoms with E-state index in [9.17, 15) is 13.6 Å². The van der Waals surface area contributed by atoms with E-state index >= 15 is 0 Å². The van der Waals surface area contributed by atoms with Gasteiger partial charge in [-0.1, -0.05) is 25.1 Å². The molecule has 0 saturated carbocycles. The zero-order valence-corrected chi connectivity index (χ0v) is 18.4. The van der Waals surface area contributed by atoms with E-state index in [1.165, 1.54) is 5.56 Å². The number of halogens is 2. The molecule has 0 bridgehead atoms. The summed E-state index contributed by atoms with van der Waals surface area (Å²) in [7, 11) is 1.71. The first-order chi connectivity index (χ1) is 14.9. The smallest absolute Gasteiger partial charge is 0.258 e. The number of rotatable bonds is 8. The molecule has 3 rings (SSSR count). The standard InChI is InChI=1S/C23H32F2N4O2/c1-4-23(10-9-16-7-5-6-8-19(16)31-23)11-12-27-22(30)17(14-26-3)21-28-15(2)13-18(29-21)20(24)25/h5-8,18,20,26,29H,4,9-14H2,1-3H3,(H,27,30)/b21-17+. The maximum absolute atomic E-state index is 13.2. The number of carbonyl (C=O) groups is 1. The van der Waals surface area contributed by atoms with Crippen LogP contribution in [0.25, 0.3) is 0 Å². The quantitative estimate of drug-likeness (QED) is 0.550. The summed E-state index contributed by atoms with van der Waals surface area (Å²) in [4.78, 5) is 17.2. The van der Waals surface area contributed by atoms with Crippen molar-refractivity contribution in [3.05, 3.63) is 41.2 Å². The Morgan fingerprint density at radius 2 is 2.16 bits per heavy atom. The van der Waals surface area contributed by atoms with Crippen molar-refractivity contribution < 1.29 is 18.3 Å². The number of ether oxygens (including phenoxy) is 1. The number of carbonyl (C=O) groups excluding carboxylic acids is 1. The fourth-order valence-electron chi connectivity index (χ4n) is 4.14. The molecule has 31 heavy (non-hydrogen) atoms. The predicted molar refractivity (Wildman–Crippen MR) is 118 cm³/mol. The van der Waals surface area contributed by atoms with Crippen LogP contribution >= 0.6 is 0 Å².